The number of nitrogens with two attached hydrogens (primary N) is 1. The highest BCUT2D eigenvalue weighted by molar-refractivity contribution is 7.47. The maximum absolute atomic E-state index is 13.4. The van der Waals surface area contributed by atoms with E-state index < -0.39 is 95.8 Å². The van der Waals surface area contributed by atoms with E-state index in [2.05, 4.69) is 40.3 Å². The summed E-state index contributed by atoms with van der Waals surface area (Å²) < 4.78 is 60.7. The van der Waals surface area contributed by atoms with E-state index in [4.69, 9.17) is 38.7 Å². The largest absolute Gasteiger partial charge is 0.472 e. The summed E-state index contributed by atoms with van der Waals surface area (Å²) in [6.07, 6.45) is -7.48. The third-order valence-corrected chi connectivity index (χ3v) is 9.59. The van der Waals surface area contributed by atoms with Crippen LogP contribution >= 0.6 is 15.6 Å². The smallest absolute Gasteiger partial charge is 0.386 e. The van der Waals surface area contributed by atoms with Crippen LogP contribution in [0.5, 0.6) is 0 Å². The summed E-state index contributed by atoms with van der Waals surface area (Å²) in [6, 6.07) is -2.71. The Morgan fingerprint density at radius 3 is 2.53 bits per heavy atom. The van der Waals surface area contributed by atoms with Crippen molar-refractivity contribution in [1.82, 2.24) is 29.7 Å². The van der Waals surface area contributed by atoms with Crippen LogP contribution in [-0.2, 0) is 41.5 Å². The average Bonchev–Trinajstić information content (AvgIpc) is 3.76. The van der Waals surface area contributed by atoms with Crippen LogP contribution in [0.2, 0.25) is 0 Å². The highest BCUT2D eigenvalue weighted by atomic mass is 31.2. The second-order valence-electron chi connectivity index (χ2n) is 10.5. The summed E-state index contributed by atoms with van der Waals surface area (Å²) in [6.45, 7) is -1.68. The van der Waals surface area contributed by atoms with Crippen LogP contribution in [0.25, 0.3) is 21.6 Å². The minimum Gasteiger partial charge on any atom is -0.386 e. The van der Waals surface area contributed by atoms with Crippen LogP contribution < -0.4 is 11.1 Å². The van der Waals surface area contributed by atoms with Crippen LogP contribution in [0.3, 0.4) is 0 Å². The molecule has 2 aromatic rings. The molecule has 0 aliphatic carbocycles. The van der Waals surface area contributed by atoms with Crippen LogP contribution in [0, 0.1) is 5.41 Å². The van der Waals surface area contributed by atoms with Gasteiger partial charge in [0.1, 0.15) is 36.3 Å². The molecule has 3 fully saturated rings. The number of amides is 1. The van der Waals surface area contributed by atoms with Gasteiger partial charge in [-0.2, -0.15) is 4.99 Å². The van der Waals surface area contributed by atoms with Crippen LogP contribution in [-0.4, -0.2) is 125 Å². The molecule has 47 heavy (non-hydrogen) atoms. The molecule has 3 saturated heterocycles. The number of nitrogens with one attached hydrogen (secondary N) is 2. The lowest BCUT2D eigenvalue weighted by Gasteiger charge is -2.31. The van der Waals surface area contributed by atoms with Crippen molar-refractivity contribution in [2.45, 2.75) is 55.1 Å². The lowest BCUT2D eigenvalue weighted by Crippen LogP contribution is -2.53. The molecule has 27 heteroatoms. The number of aliphatic hydroxyl groups is 1. The van der Waals surface area contributed by atoms with E-state index >= 15 is 0 Å². The van der Waals surface area contributed by atoms with Gasteiger partial charge >= 0.3 is 15.6 Å². The molecule has 5 aliphatic heterocycles. The molecule has 7 N–H and O–H groups in total. The van der Waals surface area contributed by atoms with Gasteiger partial charge in [0.2, 0.25) is 5.96 Å². The van der Waals surface area contributed by atoms with E-state index in [1.54, 1.807) is 0 Å². The molecule has 7 heterocycles. The van der Waals surface area contributed by atoms with Gasteiger partial charge in [0.15, 0.2) is 35.8 Å². The molecule has 0 radical (unpaired) electrons. The number of amidine groups is 1. The van der Waals surface area contributed by atoms with E-state index in [9.17, 15) is 34.3 Å². The molecule has 2 aromatic heterocycles. The van der Waals surface area contributed by atoms with Crippen LogP contribution in [0.4, 0.5) is 5.82 Å². The highest BCUT2D eigenvalue weighted by Crippen LogP contribution is 2.53. The summed E-state index contributed by atoms with van der Waals surface area (Å²) in [7, 11) is -10.3. The Morgan fingerprint density at radius 1 is 1.09 bits per heavy atom. The second-order valence-corrected chi connectivity index (χ2v) is 13.3. The van der Waals surface area contributed by atoms with Crippen LogP contribution in [0.1, 0.15) is 6.23 Å². The van der Waals surface area contributed by atoms with Crippen molar-refractivity contribution in [3.8, 4) is 0 Å². The maximum Gasteiger partial charge on any atom is 0.472 e. The number of phosphoric acid groups is 2. The standard InChI is InChI=1S/C20H23N13O12P2/c21-14-9-15(25-3-24-14)32(4-26-9)18-11(34)12-7(43-18)2-41-47(38,39)45-13-8(30-31-23)6(1-40-46(36,37)44-12)42-19(13)33-5-27-10-16(33)28-20(22)29-17(10)35/h3-8,10-13,18-19,34H,1-2H2,(H,36,37)(H,38,39)(H2,21,24,25)(H2,22,29,35)/t6-,7-,8-,10?,11-,12-,13-,18-,19-/m1/s1. The normalized spacial score (nSPS) is 40.4. The number of carbonyl (C=O) groups excluding carboxylic acids is 1. The third kappa shape index (κ3) is 5.67. The first-order chi connectivity index (χ1) is 22.4. The van der Waals surface area contributed by atoms with Gasteiger partial charge in [0, 0.05) is 4.91 Å². The lowest BCUT2D eigenvalue weighted by atomic mass is 10.1. The number of carbonyl (C=O) groups is 1. The number of fused-ring (bicyclic) bond motifs is 5. The number of aliphatic hydroxyl groups excluding tert-OH is 1. The number of guanidine groups is 1. The summed E-state index contributed by atoms with van der Waals surface area (Å²) in [4.78, 5) is 57.7. The molecular weight excluding hydrogens is 676 g/mol. The van der Waals surface area contributed by atoms with E-state index in [1.165, 1.54) is 10.9 Å². The zero-order chi connectivity index (χ0) is 33.2. The number of azide groups is 1. The summed E-state index contributed by atoms with van der Waals surface area (Å²) in [5, 5.41) is 24.8. The maximum atomic E-state index is 13.4. The Morgan fingerprint density at radius 2 is 1.79 bits per heavy atom. The average molecular weight is 699 g/mol. The van der Waals surface area contributed by atoms with Gasteiger partial charge in [-0.1, -0.05) is 5.11 Å². The van der Waals surface area contributed by atoms with Gasteiger partial charge in [0.05, 0.1) is 38.0 Å². The Hall–Kier alpha value is -3.96. The number of rotatable bonds is 3. The summed E-state index contributed by atoms with van der Waals surface area (Å²) in [5.74, 6) is -1.31. The molecule has 0 saturated carbocycles. The number of aromatic nitrogens is 4. The lowest BCUT2D eigenvalue weighted by molar-refractivity contribution is -0.119. The molecule has 250 valence electrons. The molecule has 2 bridgehead atoms. The first kappa shape index (κ1) is 31.6. The van der Waals surface area contributed by atoms with Gasteiger partial charge in [-0.05, 0) is 5.53 Å². The molecule has 25 nitrogen and oxygen atoms in total. The number of ether oxygens (including phenoxy) is 2. The minimum atomic E-state index is -5.17. The number of imidazole rings is 1. The molecule has 5 aliphatic rings. The fraction of sp³-hybridized carbons (Fsp3) is 0.550. The zero-order valence-corrected chi connectivity index (χ0v) is 25.1. The SMILES string of the molecule is [N-]=[N+]=N[C@H]1[C@H]2OP(=O)(O)OC[C@H]3O[C@@H](n4cnc5c(N)ncnc54)[C@H](O)[C@@H]3OP(=O)(O)OC[C@H]1O[C@H]2N1C=NC2C(=O)NC(=N)N=C21. The number of nitrogens with zero attached hydrogens (tertiary/aromatic N) is 10. The monoisotopic (exact) mass is 699 g/mol. The van der Waals surface area contributed by atoms with Gasteiger partial charge in [0.25, 0.3) is 5.91 Å². The van der Waals surface area contributed by atoms with Crippen molar-refractivity contribution in [2.24, 2.45) is 15.1 Å². The zero-order valence-electron chi connectivity index (χ0n) is 23.3. The van der Waals surface area contributed by atoms with E-state index in [0.717, 1.165) is 17.6 Å². The van der Waals surface area contributed by atoms with Crippen molar-refractivity contribution < 1.29 is 56.4 Å². The Kier molecular flexibility index (Phi) is 7.82. The third-order valence-electron chi connectivity index (χ3n) is 7.62. The Balaban J connectivity index is 1.20. The summed E-state index contributed by atoms with van der Waals surface area (Å²) >= 11 is 0. The predicted octanol–water partition coefficient (Wildman–Crippen LogP) is -1.74. The van der Waals surface area contributed by atoms with Crippen molar-refractivity contribution in [1.29, 1.82) is 5.41 Å². The molecule has 0 aromatic carbocycles. The number of hydrogen-bond acceptors (Lipinski definition) is 18. The van der Waals surface area contributed by atoms with Gasteiger partial charge in [-0.3, -0.25) is 48.1 Å². The van der Waals surface area contributed by atoms with E-state index in [-0.39, 0.29) is 22.8 Å². The number of nitrogen functional groups attached to an aromatic ring is 1. The Labute approximate surface area is 260 Å². The molecule has 0 spiro atoms. The van der Waals surface area contributed by atoms with Crippen molar-refractivity contribution >= 4 is 56.7 Å². The fourth-order valence-electron chi connectivity index (χ4n) is 5.60. The summed E-state index contributed by atoms with van der Waals surface area (Å²) in [5.41, 5.74) is 15.4. The quantitative estimate of drug-likeness (QED) is 0.0896. The van der Waals surface area contributed by atoms with E-state index in [0.29, 0.717) is 0 Å². The van der Waals surface area contributed by atoms with Crippen molar-refractivity contribution in [2.75, 3.05) is 18.9 Å². The van der Waals surface area contributed by atoms with Crippen molar-refractivity contribution in [3.63, 3.8) is 0 Å². The van der Waals surface area contributed by atoms with Gasteiger partial charge in [-0.15, -0.1) is 0 Å². The molecule has 11 atom stereocenters. The molecular formula is C20H23N13O12P2. The molecule has 3 unspecified atom stereocenters. The number of hydrogen-bond donors (Lipinski definition) is 6. The number of aliphatic imine (C=N–C) groups is 2. The fourth-order valence-corrected chi connectivity index (χ4v) is 7.50. The topological polar surface area (TPSA) is 350 Å². The Bertz CT molecular complexity index is 1850. The molecule has 7 rings (SSSR count). The first-order valence-electron chi connectivity index (χ1n) is 13.4. The van der Waals surface area contributed by atoms with E-state index in [1.807, 2.05) is 0 Å². The second kappa shape index (κ2) is 11.6. The number of phosphoric ester groups is 2. The van der Waals surface area contributed by atoms with Gasteiger partial charge in [-0.25, -0.2) is 24.1 Å². The minimum absolute atomic E-state index is 0.0250. The highest BCUT2D eigenvalue weighted by Gasteiger charge is 2.56. The van der Waals surface area contributed by atoms with Crippen LogP contribution in [0.15, 0.2) is 27.8 Å². The number of anilines is 1. The van der Waals surface area contributed by atoms with Crippen molar-refractivity contribution in [3.05, 3.63) is 23.1 Å². The molecule has 1 amide bonds. The predicted molar refractivity (Wildman–Crippen MR) is 150 cm³/mol. The van der Waals surface area contributed by atoms with Gasteiger partial charge < -0.3 is 30.1 Å². The first-order valence-corrected chi connectivity index (χ1v) is 16.4.